The number of hydrogen-bond donors (Lipinski definition) is 1. The van der Waals surface area contributed by atoms with Crippen LogP contribution in [-0.2, 0) is 0 Å². The predicted molar refractivity (Wildman–Crippen MR) is 66.4 cm³/mol. The van der Waals surface area contributed by atoms with Gasteiger partial charge in [0.1, 0.15) is 5.82 Å². The standard InChI is InChI=1S/C13H12ClFN2/c1-8-4-5-11(15)9(7-8)12(16)13-10(14)3-2-6-17-13/h2-7,12H,16H2,1H3. The maximum Gasteiger partial charge on any atom is 0.128 e. The normalized spacial score (nSPS) is 12.5. The Morgan fingerprint density at radius 3 is 2.82 bits per heavy atom. The van der Waals surface area contributed by atoms with Gasteiger partial charge in [-0.3, -0.25) is 4.98 Å². The quantitative estimate of drug-likeness (QED) is 0.889. The lowest BCUT2D eigenvalue weighted by molar-refractivity contribution is 0.596. The van der Waals surface area contributed by atoms with E-state index in [9.17, 15) is 4.39 Å². The van der Waals surface area contributed by atoms with Crippen LogP contribution in [0.15, 0.2) is 36.5 Å². The van der Waals surface area contributed by atoms with Crippen LogP contribution in [0.2, 0.25) is 5.02 Å². The van der Waals surface area contributed by atoms with Crippen molar-refractivity contribution in [3.8, 4) is 0 Å². The molecular weight excluding hydrogens is 239 g/mol. The third kappa shape index (κ3) is 2.46. The summed E-state index contributed by atoms with van der Waals surface area (Å²) in [7, 11) is 0. The summed E-state index contributed by atoms with van der Waals surface area (Å²) in [6.07, 6.45) is 1.59. The molecule has 1 unspecified atom stereocenters. The van der Waals surface area contributed by atoms with E-state index in [0.717, 1.165) is 5.56 Å². The summed E-state index contributed by atoms with van der Waals surface area (Å²) in [6.45, 7) is 1.88. The first-order valence-electron chi connectivity index (χ1n) is 5.21. The summed E-state index contributed by atoms with van der Waals surface area (Å²) < 4.78 is 13.7. The van der Waals surface area contributed by atoms with Crippen molar-refractivity contribution in [3.63, 3.8) is 0 Å². The van der Waals surface area contributed by atoms with Gasteiger partial charge in [-0.05, 0) is 25.1 Å². The van der Waals surface area contributed by atoms with Crippen LogP contribution >= 0.6 is 11.6 Å². The Balaban J connectivity index is 2.47. The van der Waals surface area contributed by atoms with Crippen LogP contribution in [0.4, 0.5) is 4.39 Å². The zero-order valence-electron chi connectivity index (χ0n) is 9.32. The minimum Gasteiger partial charge on any atom is -0.319 e. The Hall–Kier alpha value is -1.45. The van der Waals surface area contributed by atoms with E-state index >= 15 is 0 Å². The molecule has 0 saturated heterocycles. The third-order valence-electron chi connectivity index (χ3n) is 2.57. The number of halogens is 2. The zero-order valence-corrected chi connectivity index (χ0v) is 10.1. The summed E-state index contributed by atoms with van der Waals surface area (Å²) in [5.41, 5.74) is 7.84. The second-order valence-electron chi connectivity index (χ2n) is 3.87. The number of aryl methyl sites for hydroxylation is 1. The highest BCUT2D eigenvalue weighted by Gasteiger charge is 2.17. The molecule has 1 atom stereocenters. The molecule has 17 heavy (non-hydrogen) atoms. The van der Waals surface area contributed by atoms with Crippen LogP contribution in [0, 0.1) is 12.7 Å². The number of nitrogens with two attached hydrogens (primary N) is 1. The molecule has 0 aliphatic carbocycles. The van der Waals surface area contributed by atoms with Crippen molar-refractivity contribution < 1.29 is 4.39 Å². The Bertz CT molecular complexity index is 543. The van der Waals surface area contributed by atoms with Gasteiger partial charge in [0.05, 0.1) is 16.8 Å². The monoisotopic (exact) mass is 250 g/mol. The molecular formula is C13H12ClFN2. The van der Waals surface area contributed by atoms with Gasteiger partial charge in [0.2, 0.25) is 0 Å². The van der Waals surface area contributed by atoms with Crippen molar-refractivity contribution in [2.75, 3.05) is 0 Å². The summed E-state index contributed by atoms with van der Waals surface area (Å²) in [5, 5.41) is 0.445. The van der Waals surface area contributed by atoms with Gasteiger partial charge in [-0.25, -0.2) is 4.39 Å². The fraction of sp³-hybridized carbons (Fsp3) is 0.154. The van der Waals surface area contributed by atoms with Crippen LogP contribution < -0.4 is 5.73 Å². The molecule has 0 radical (unpaired) electrons. The van der Waals surface area contributed by atoms with E-state index in [1.807, 2.05) is 6.92 Å². The molecule has 88 valence electrons. The first-order valence-corrected chi connectivity index (χ1v) is 5.59. The lowest BCUT2D eigenvalue weighted by Gasteiger charge is -2.14. The molecule has 0 aliphatic rings. The van der Waals surface area contributed by atoms with Crippen molar-refractivity contribution in [2.45, 2.75) is 13.0 Å². The second kappa shape index (κ2) is 4.82. The van der Waals surface area contributed by atoms with Gasteiger partial charge in [0, 0.05) is 11.8 Å². The van der Waals surface area contributed by atoms with E-state index in [0.29, 0.717) is 16.3 Å². The molecule has 1 aromatic carbocycles. The molecule has 2 N–H and O–H groups in total. The first-order chi connectivity index (χ1) is 8.09. The Kier molecular flexibility index (Phi) is 3.41. The lowest BCUT2D eigenvalue weighted by Crippen LogP contribution is -2.15. The van der Waals surface area contributed by atoms with Crippen LogP contribution in [0.5, 0.6) is 0 Å². The molecule has 4 heteroatoms. The topological polar surface area (TPSA) is 38.9 Å². The molecule has 1 heterocycles. The highest BCUT2D eigenvalue weighted by molar-refractivity contribution is 6.31. The summed E-state index contributed by atoms with van der Waals surface area (Å²) in [6, 6.07) is 7.57. The highest BCUT2D eigenvalue weighted by Crippen LogP contribution is 2.26. The molecule has 0 saturated carbocycles. The third-order valence-corrected chi connectivity index (χ3v) is 2.89. The van der Waals surface area contributed by atoms with E-state index in [2.05, 4.69) is 4.98 Å². The van der Waals surface area contributed by atoms with E-state index in [-0.39, 0.29) is 5.82 Å². The summed E-state index contributed by atoms with van der Waals surface area (Å²) in [4.78, 5) is 4.10. The van der Waals surface area contributed by atoms with Gasteiger partial charge in [-0.1, -0.05) is 29.3 Å². The largest absolute Gasteiger partial charge is 0.319 e. The second-order valence-corrected chi connectivity index (χ2v) is 4.28. The molecule has 2 rings (SSSR count). The van der Waals surface area contributed by atoms with Gasteiger partial charge in [0.15, 0.2) is 0 Å². The van der Waals surface area contributed by atoms with Crippen LogP contribution in [0.3, 0.4) is 0 Å². The Labute approximate surface area is 104 Å². The van der Waals surface area contributed by atoms with E-state index < -0.39 is 6.04 Å². The minimum absolute atomic E-state index is 0.343. The van der Waals surface area contributed by atoms with Crippen molar-refractivity contribution in [1.82, 2.24) is 4.98 Å². The van der Waals surface area contributed by atoms with Crippen LogP contribution in [-0.4, -0.2) is 4.98 Å². The molecule has 0 aliphatic heterocycles. The summed E-state index contributed by atoms with van der Waals surface area (Å²) in [5.74, 6) is -0.343. The van der Waals surface area contributed by atoms with Crippen molar-refractivity contribution in [1.29, 1.82) is 0 Å². The Morgan fingerprint density at radius 1 is 1.35 bits per heavy atom. The average Bonchev–Trinajstić information content (AvgIpc) is 2.32. The average molecular weight is 251 g/mol. The van der Waals surface area contributed by atoms with Crippen molar-refractivity contribution >= 4 is 11.6 Å². The lowest BCUT2D eigenvalue weighted by atomic mass is 10.0. The maximum atomic E-state index is 13.7. The number of hydrogen-bond acceptors (Lipinski definition) is 2. The van der Waals surface area contributed by atoms with Crippen LogP contribution in [0.25, 0.3) is 0 Å². The molecule has 1 aromatic heterocycles. The summed E-state index contributed by atoms with van der Waals surface area (Å²) >= 11 is 6.00. The smallest absolute Gasteiger partial charge is 0.128 e. The SMILES string of the molecule is Cc1ccc(F)c(C(N)c2ncccc2Cl)c1. The Morgan fingerprint density at radius 2 is 2.12 bits per heavy atom. The van der Waals surface area contributed by atoms with Gasteiger partial charge in [-0.2, -0.15) is 0 Å². The van der Waals surface area contributed by atoms with E-state index in [1.165, 1.54) is 6.07 Å². The number of benzene rings is 1. The predicted octanol–water partition coefficient (Wildman–Crippen LogP) is 3.23. The minimum atomic E-state index is -0.649. The zero-order chi connectivity index (χ0) is 12.4. The van der Waals surface area contributed by atoms with Crippen molar-refractivity contribution in [2.24, 2.45) is 5.73 Å². The number of aromatic nitrogens is 1. The van der Waals surface area contributed by atoms with Crippen molar-refractivity contribution in [3.05, 3.63) is 64.2 Å². The van der Waals surface area contributed by atoms with Gasteiger partial charge in [-0.15, -0.1) is 0 Å². The van der Waals surface area contributed by atoms with Gasteiger partial charge < -0.3 is 5.73 Å². The maximum absolute atomic E-state index is 13.7. The van der Waals surface area contributed by atoms with E-state index in [4.69, 9.17) is 17.3 Å². The first kappa shape index (κ1) is 12.0. The number of pyridine rings is 1. The molecule has 0 fully saturated rings. The fourth-order valence-corrected chi connectivity index (χ4v) is 1.91. The molecule has 0 spiro atoms. The van der Waals surface area contributed by atoms with Gasteiger partial charge >= 0.3 is 0 Å². The number of nitrogens with zero attached hydrogens (tertiary/aromatic N) is 1. The highest BCUT2D eigenvalue weighted by atomic mass is 35.5. The van der Waals surface area contributed by atoms with Gasteiger partial charge in [0.25, 0.3) is 0 Å². The van der Waals surface area contributed by atoms with E-state index in [1.54, 1.807) is 30.5 Å². The number of rotatable bonds is 2. The fourth-order valence-electron chi connectivity index (χ4n) is 1.68. The molecule has 0 bridgehead atoms. The molecule has 2 aromatic rings. The van der Waals surface area contributed by atoms with Crippen LogP contribution in [0.1, 0.15) is 22.9 Å². The molecule has 2 nitrogen and oxygen atoms in total. The molecule has 0 amide bonds.